The fourth-order valence-electron chi connectivity index (χ4n) is 5.93. The Bertz CT molecular complexity index is 2250. The van der Waals surface area contributed by atoms with E-state index >= 15 is 0 Å². The third kappa shape index (κ3) is 4.20. The van der Waals surface area contributed by atoms with E-state index in [1.165, 1.54) is 26.9 Å². The molecule has 0 spiro atoms. The molecule has 0 aliphatic carbocycles. The second-order valence-corrected chi connectivity index (χ2v) is 10.5. The molecule has 0 amide bonds. The Balaban J connectivity index is 1.41. The van der Waals surface area contributed by atoms with Crippen molar-refractivity contribution in [3.05, 3.63) is 152 Å². The molecule has 2 aromatic heterocycles. The summed E-state index contributed by atoms with van der Waals surface area (Å²) in [6.45, 7) is 0. The molecule has 2 heterocycles. The Morgan fingerprint density at radius 3 is 1.90 bits per heavy atom. The van der Waals surface area contributed by atoms with Crippen molar-refractivity contribution in [2.24, 2.45) is 0 Å². The SMILES string of the molecule is c1cncc(-c2cccc(-c3cc(-c4cc5ccccc5c5ccccc45)nc(-c4cccc5ccccc45)n3)c2)c1. The highest BCUT2D eigenvalue weighted by Gasteiger charge is 2.16. The Morgan fingerprint density at radius 2 is 1.05 bits per heavy atom. The zero-order chi connectivity index (χ0) is 27.9. The Kier molecular flexibility index (Phi) is 5.79. The number of rotatable bonds is 4. The molecule has 0 fully saturated rings. The number of aromatic nitrogens is 3. The lowest BCUT2D eigenvalue weighted by Crippen LogP contribution is -1.97. The first-order chi connectivity index (χ1) is 20.8. The van der Waals surface area contributed by atoms with Gasteiger partial charge in [0.05, 0.1) is 11.4 Å². The summed E-state index contributed by atoms with van der Waals surface area (Å²) in [4.78, 5) is 14.8. The van der Waals surface area contributed by atoms with Gasteiger partial charge in [0, 0.05) is 34.6 Å². The van der Waals surface area contributed by atoms with Crippen LogP contribution in [0.1, 0.15) is 0 Å². The second kappa shape index (κ2) is 10.1. The van der Waals surface area contributed by atoms with E-state index < -0.39 is 0 Å². The fourth-order valence-corrected chi connectivity index (χ4v) is 5.93. The van der Waals surface area contributed by atoms with Crippen LogP contribution in [0.15, 0.2) is 152 Å². The number of nitrogens with zero attached hydrogens (tertiary/aromatic N) is 3. The van der Waals surface area contributed by atoms with Gasteiger partial charge in [-0.05, 0) is 62.1 Å². The van der Waals surface area contributed by atoms with Gasteiger partial charge in [-0.3, -0.25) is 4.98 Å². The van der Waals surface area contributed by atoms with Crippen molar-refractivity contribution in [2.75, 3.05) is 0 Å². The molecular formula is C39H25N3. The van der Waals surface area contributed by atoms with E-state index in [2.05, 4.69) is 138 Å². The van der Waals surface area contributed by atoms with E-state index in [-0.39, 0.29) is 0 Å². The predicted molar refractivity (Wildman–Crippen MR) is 174 cm³/mol. The zero-order valence-electron chi connectivity index (χ0n) is 22.8. The van der Waals surface area contributed by atoms with Gasteiger partial charge >= 0.3 is 0 Å². The summed E-state index contributed by atoms with van der Waals surface area (Å²) in [6.07, 6.45) is 3.70. The molecule has 0 bridgehead atoms. The van der Waals surface area contributed by atoms with Crippen LogP contribution in [0.2, 0.25) is 0 Å². The third-order valence-corrected chi connectivity index (χ3v) is 7.95. The van der Waals surface area contributed by atoms with E-state index in [0.717, 1.165) is 44.6 Å². The highest BCUT2D eigenvalue weighted by molar-refractivity contribution is 6.13. The van der Waals surface area contributed by atoms with E-state index in [0.29, 0.717) is 5.82 Å². The lowest BCUT2D eigenvalue weighted by molar-refractivity contribution is 1.19. The molecule has 0 aliphatic rings. The van der Waals surface area contributed by atoms with Crippen LogP contribution in [0, 0.1) is 0 Å². The van der Waals surface area contributed by atoms with Gasteiger partial charge in [-0.25, -0.2) is 9.97 Å². The smallest absolute Gasteiger partial charge is 0.161 e. The molecule has 3 nitrogen and oxygen atoms in total. The number of fused-ring (bicyclic) bond motifs is 4. The van der Waals surface area contributed by atoms with E-state index in [1.54, 1.807) is 6.20 Å². The first-order valence-corrected chi connectivity index (χ1v) is 14.1. The summed E-state index contributed by atoms with van der Waals surface area (Å²) in [5.74, 6) is 0.711. The summed E-state index contributed by atoms with van der Waals surface area (Å²) in [5.41, 5.74) is 7.10. The maximum absolute atomic E-state index is 5.27. The van der Waals surface area contributed by atoms with Crippen molar-refractivity contribution < 1.29 is 0 Å². The van der Waals surface area contributed by atoms with Gasteiger partial charge in [-0.15, -0.1) is 0 Å². The summed E-state index contributed by atoms with van der Waals surface area (Å²) in [7, 11) is 0. The van der Waals surface area contributed by atoms with Crippen LogP contribution in [0.4, 0.5) is 0 Å². The minimum atomic E-state index is 0.711. The maximum atomic E-state index is 5.27. The molecule has 196 valence electrons. The van der Waals surface area contributed by atoms with Crippen molar-refractivity contribution in [3.8, 4) is 45.0 Å². The largest absolute Gasteiger partial charge is 0.264 e. The third-order valence-electron chi connectivity index (χ3n) is 7.95. The Morgan fingerprint density at radius 1 is 0.381 bits per heavy atom. The van der Waals surface area contributed by atoms with Crippen molar-refractivity contribution in [1.82, 2.24) is 15.0 Å². The quantitative estimate of drug-likeness (QED) is 0.211. The van der Waals surface area contributed by atoms with Gasteiger partial charge in [0.2, 0.25) is 0 Å². The Labute approximate surface area is 243 Å². The van der Waals surface area contributed by atoms with Crippen LogP contribution in [0.3, 0.4) is 0 Å². The Hall–Kier alpha value is -5.67. The maximum Gasteiger partial charge on any atom is 0.161 e. The molecule has 0 aliphatic heterocycles. The van der Waals surface area contributed by atoms with Gasteiger partial charge in [-0.2, -0.15) is 0 Å². The summed E-state index contributed by atoms with van der Waals surface area (Å²) < 4.78 is 0. The van der Waals surface area contributed by atoms with Crippen LogP contribution in [-0.2, 0) is 0 Å². The minimum Gasteiger partial charge on any atom is -0.264 e. The number of benzene rings is 6. The standard InChI is InChI=1S/C39H25N3/c1-3-16-31-26(10-1)12-8-20-35(31)39-41-37(29-14-7-13-27(22-29)30-15-9-21-40-25-30)24-38(42-39)36-23-28-11-2-4-17-32(28)33-18-5-6-19-34(33)36/h1-25H. The zero-order valence-corrected chi connectivity index (χ0v) is 22.8. The van der Waals surface area contributed by atoms with Crippen LogP contribution in [0.5, 0.6) is 0 Å². The normalized spacial score (nSPS) is 11.3. The second-order valence-electron chi connectivity index (χ2n) is 10.5. The van der Waals surface area contributed by atoms with Crippen molar-refractivity contribution >= 4 is 32.3 Å². The van der Waals surface area contributed by atoms with Crippen molar-refractivity contribution in [3.63, 3.8) is 0 Å². The van der Waals surface area contributed by atoms with Gasteiger partial charge in [0.15, 0.2) is 5.82 Å². The highest BCUT2D eigenvalue weighted by Crippen LogP contribution is 2.37. The van der Waals surface area contributed by atoms with Gasteiger partial charge < -0.3 is 0 Å². The first-order valence-electron chi connectivity index (χ1n) is 14.1. The lowest BCUT2D eigenvalue weighted by atomic mass is 9.94. The molecule has 6 aromatic carbocycles. The van der Waals surface area contributed by atoms with Crippen molar-refractivity contribution in [1.29, 1.82) is 0 Å². The molecule has 0 atom stereocenters. The van der Waals surface area contributed by atoms with Gasteiger partial charge in [0.25, 0.3) is 0 Å². The van der Waals surface area contributed by atoms with Crippen LogP contribution >= 0.6 is 0 Å². The molecule has 3 heteroatoms. The summed E-state index contributed by atoms with van der Waals surface area (Å²) in [5, 5.41) is 7.13. The molecule has 0 radical (unpaired) electrons. The molecule has 0 unspecified atom stereocenters. The number of hydrogen-bond donors (Lipinski definition) is 0. The van der Waals surface area contributed by atoms with Crippen molar-refractivity contribution in [2.45, 2.75) is 0 Å². The fraction of sp³-hybridized carbons (Fsp3) is 0. The minimum absolute atomic E-state index is 0.711. The average molecular weight is 536 g/mol. The molecule has 0 saturated heterocycles. The number of pyridine rings is 1. The topological polar surface area (TPSA) is 38.7 Å². The lowest BCUT2D eigenvalue weighted by Gasteiger charge is -2.14. The predicted octanol–water partition coefficient (Wildman–Crippen LogP) is 10.00. The van der Waals surface area contributed by atoms with Gasteiger partial charge in [0.1, 0.15) is 0 Å². The molecule has 8 rings (SSSR count). The van der Waals surface area contributed by atoms with Crippen LogP contribution in [0.25, 0.3) is 77.3 Å². The van der Waals surface area contributed by atoms with E-state index in [4.69, 9.17) is 9.97 Å². The molecular weight excluding hydrogens is 510 g/mol. The molecule has 0 saturated carbocycles. The first kappa shape index (κ1) is 24.2. The monoisotopic (exact) mass is 535 g/mol. The highest BCUT2D eigenvalue weighted by atomic mass is 14.9. The molecule has 8 aromatic rings. The number of hydrogen-bond acceptors (Lipinski definition) is 3. The summed E-state index contributed by atoms with van der Waals surface area (Å²) in [6, 6.07) is 48.9. The van der Waals surface area contributed by atoms with Crippen LogP contribution < -0.4 is 0 Å². The summed E-state index contributed by atoms with van der Waals surface area (Å²) >= 11 is 0. The van der Waals surface area contributed by atoms with E-state index in [9.17, 15) is 0 Å². The van der Waals surface area contributed by atoms with E-state index in [1.807, 2.05) is 12.3 Å². The van der Waals surface area contributed by atoms with Crippen LogP contribution in [-0.4, -0.2) is 15.0 Å². The van der Waals surface area contributed by atoms with Gasteiger partial charge in [-0.1, -0.05) is 115 Å². The molecule has 42 heavy (non-hydrogen) atoms. The molecule has 0 N–H and O–H groups in total. The average Bonchev–Trinajstić information content (AvgIpc) is 3.08.